The number of aromatic amines is 1. The Kier molecular flexibility index (Phi) is 2.42. The third kappa shape index (κ3) is 1.62. The fraction of sp³-hybridized carbons (Fsp3) is 0.385. The van der Waals surface area contributed by atoms with Crippen LogP contribution in [-0.4, -0.2) is 23.3 Å². The quantitative estimate of drug-likeness (QED) is 0.810. The molecule has 3 rings (SSSR count). The largest absolute Gasteiger partial charge is 0.388 e. The first kappa shape index (κ1) is 9.87. The summed E-state index contributed by atoms with van der Waals surface area (Å²) in [5.41, 5.74) is 2.10. The Balaban J connectivity index is 1.91. The van der Waals surface area contributed by atoms with Gasteiger partial charge in [-0.3, -0.25) is 0 Å². The van der Waals surface area contributed by atoms with E-state index < -0.39 is 6.10 Å². The Bertz CT molecular complexity index is 485. The summed E-state index contributed by atoms with van der Waals surface area (Å²) in [4.78, 5) is 3.15. The number of aromatic nitrogens is 1. The monoisotopic (exact) mass is 217 g/mol. The maximum absolute atomic E-state index is 10.2. The smallest absolute Gasteiger partial charge is 0.0841 e. The molecule has 0 amide bonds. The summed E-state index contributed by atoms with van der Waals surface area (Å²) in [6.07, 6.45) is 2.47. The topological polar surface area (TPSA) is 45.2 Å². The van der Waals surface area contributed by atoms with E-state index in [2.05, 4.69) is 11.1 Å². The molecule has 0 radical (unpaired) electrons. The van der Waals surface area contributed by atoms with Gasteiger partial charge in [0.1, 0.15) is 0 Å². The van der Waals surface area contributed by atoms with Gasteiger partial charge in [-0.1, -0.05) is 6.07 Å². The highest BCUT2D eigenvalue weighted by Gasteiger charge is 2.25. The Morgan fingerprint density at radius 1 is 1.38 bits per heavy atom. The van der Waals surface area contributed by atoms with Gasteiger partial charge in [0, 0.05) is 24.2 Å². The summed E-state index contributed by atoms with van der Waals surface area (Å²) >= 11 is 0. The van der Waals surface area contributed by atoms with Gasteiger partial charge >= 0.3 is 0 Å². The minimum absolute atomic E-state index is 0.247. The van der Waals surface area contributed by atoms with Crippen molar-refractivity contribution in [2.75, 3.05) is 13.2 Å². The van der Waals surface area contributed by atoms with Crippen molar-refractivity contribution in [3.8, 4) is 0 Å². The first-order chi connectivity index (χ1) is 7.84. The molecule has 2 heterocycles. The molecule has 16 heavy (non-hydrogen) atoms. The van der Waals surface area contributed by atoms with Gasteiger partial charge in [0.2, 0.25) is 0 Å². The molecule has 0 spiro atoms. The van der Waals surface area contributed by atoms with E-state index in [9.17, 15) is 5.11 Å². The number of rotatable bonds is 2. The number of aliphatic hydroxyl groups is 1. The fourth-order valence-electron chi connectivity index (χ4n) is 2.33. The van der Waals surface area contributed by atoms with E-state index in [1.165, 1.54) is 0 Å². The van der Waals surface area contributed by atoms with Crippen LogP contribution in [0, 0.1) is 5.92 Å². The van der Waals surface area contributed by atoms with Crippen molar-refractivity contribution < 1.29 is 9.84 Å². The van der Waals surface area contributed by atoms with E-state index in [1.54, 1.807) is 0 Å². The third-order valence-corrected chi connectivity index (χ3v) is 3.33. The Labute approximate surface area is 94.0 Å². The van der Waals surface area contributed by atoms with Crippen LogP contribution in [-0.2, 0) is 4.74 Å². The lowest BCUT2D eigenvalue weighted by Crippen LogP contribution is -2.12. The summed E-state index contributed by atoms with van der Waals surface area (Å²) in [5.74, 6) is 0.247. The Hall–Kier alpha value is -1.32. The molecule has 0 bridgehead atoms. The highest BCUT2D eigenvalue weighted by atomic mass is 16.5. The zero-order valence-corrected chi connectivity index (χ0v) is 9.02. The van der Waals surface area contributed by atoms with E-state index in [0.717, 1.165) is 29.5 Å². The number of benzene rings is 1. The molecule has 1 fully saturated rings. The maximum Gasteiger partial charge on any atom is 0.0841 e. The number of hydrogen-bond acceptors (Lipinski definition) is 2. The molecule has 0 saturated carbocycles. The number of hydrogen-bond donors (Lipinski definition) is 2. The lowest BCUT2D eigenvalue weighted by atomic mass is 9.94. The second-order valence-corrected chi connectivity index (χ2v) is 4.39. The predicted octanol–water partition coefficient (Wildman–Crippen LogP) is 2.24. The van der Waals surface area contributed by atoms with Gasteiger partial charge in [-0.2, -0.15) is 0 Å². The van der Waals surface area contributed by atoms with E-state index in [-0.39, 0.29) is 5.92 Å². The SMILES string of the molecule is OC(c1ccc2[nH]ccc2c1)C1CCOC1. The van der Waals surface area contributed by atoms with Crippen LogP contribution in [0.25, 0.3) is 10.9 Å². The van der Waals surface area contributed by atoms with Gasteiger partial charge < -0.3 is 14.8 Å². The van der Waals surface area contributed by atoms with Crippen molar-refractivity contribution in [3.05, 3.63) is 36.0 Å². The van der Waals surface area contributed by atoms with Gasteiger partial charge in [0.25, 0.3) is 0 Å². The molecule has 2 N–H and O–H groups in total. The number of H-pyrrole nitrogens is 1. The van der Waals surface area contributed by atoms with Crippen LogP contribution in [0.4, 0.5) is 0 Å². The molecule has 3 nitrogen and oxygen atoms in total. The van der Waals surface area contributed by atoms with Crippen molar-refractivity contribution >= 4 is 10.9 Å². The summed E-state index contributed by atoms with van der Waals surface area (Å²) in [5, 5.41) is 11.4. The highest BCUT2D eigenvalue weighted by Crippen LogP contribution is 2.30. The zero-order valence-electron chi connectivity index (χ0n) is 9.02. The van der Waals surface area contributed by atoms with E-state index in [4.69, 9.17) is 4.74 Å². The third-order valence-electron chi connectivity index (χ3n) is 3.33. The van der Waals surface area contributed by atoms with Gasteiger partial charge in [-0.25, -0.2) is 0 Å². The molecule has 1 aliphatic rings. The molecule has 1 aromatic carbocycles. The minimum Gasteiger partial charge on any atom is -0.388 e. The van der Waals surface area contributed by atoms with Crippen molar-refractivity contribution in [3.63, 3.8) is 0 Å². The number of fused-ring (bicyclic) bond motifs is 1. The molecular weight excluding hydrogens is 202 g/mol. The molecule has 84 valence electrons. The standard InChI is InChI=1S/C13H15NO2/c15-13(11-4-6-16-8-11)10-1-2-12-9(7-10)3-5-14-12/h1-3,5,7,11,13-15H,4,6,8H2. The summed E-state index contributed by atoms with van der Waals surface area (Å²) < 4.78 is 5.31. The summed E-state index contributed by atoms with van der Waals surface area (Å²) in [7, 11) is 0. The van der Waals surface area contributed by atoms with Gasteiger partial charge in [0.05, 0.1) is 12.7 Å². The van der Waals surface area contributed by atoms with Crippen molar-refractivity contribution in [1.82, 2.24) is 4.98 Å². The normalized spacial score (nSPS) is 22.7. The molecule has 1 saturated heterocycles. The molecule has 2 atom stereocenters. The van der Waals surface area contributed by atoms with E-state index in [1.807, 2.05) is 24.4 Å². The molecule has 2 aromatic rings. The molecule has 1 aromatic heterocycles. The van der Waals surface area contributed by atoms with Crippen molar-refractivity contribution in [1.29, 1.82) is 0 Å². The van der Waals surface area contributed by atoms with Crippen molar-refractivity contribution in [2.24, 2.45) is 5.92 Å². The number of nitrogens with one attached hydrogen (secondary N) is 1. The highest BCUT2D eigenvalue weighted by molar-refractivity contribution is 5.80. The van der Waals surface area contributed by atoms with Crippen LogP contribution in [0.15, 0.2) is 30.5 Å². The first-order valence-corrected chi connectivity index (χ1v) is 5.67. The molecule has 1 aliphatic heterocycles. The van der Waals surface area contributed by atoms with E-state index in [0.29, 0.717) is 6.61 Å². The zero-order chi connectivity index (χ0) is 11.0. The van der Waals surface area contributed by atoms with Gasteiger partial charge in [0.15, 0.2) is 0 Å². The Morgan fingerprint density at radius 3 is 3.12 bits per heavy atom. The maximum atomic E-state index is 10.2. The summed E-state index contributed by atoms with van der Waals surface area (Å²) in [6, 6.07) is 8.08. The van der Waals surface area contributed by atoms with Crippen LogP contribution in [0.5, 0.6) is 0 Å². The van der Waals surface area contributed by atoms with Crippen LogP contribution < -0.4 is 0 Å². The molecule has 3 heteroatoms. The molecule has 2 unspecified atom stereocenters. The second kappa shape index (κ2) is 3.92. The lowest BCUT2D eigenvalue weighted by Gasteiger charge is -2.16. The van der Waals surface area contributed by atoms with Crippen molar-refractivity contribution in [2.45, 2.75) is 12.5 Å². The van der Waals surface area contributed by atoms with Crippen LogP contribution in [0.3, 0.4) is 0 Å². The lowest BCUT2D eigenvalue weighted by molar-refractivity contribution is 0.0919. The van der Waals surface area contributed by atoms with Crippen LogP contribution in [0.1, 0.15) is 18.1 Å². The van der Waals surface area contributed by atoms with E-state index >= 15 is 0 Å². The molecular formula is C13H15NO2. The number of ether oxygens (including phenoxy) is 1. The number of aliphatic hydroxyl groups excluding tert-OH is 1. The fourth-order valence-corrected chi connectivity index (χ4v) is 2.33. The average molecular weight is 217 g/mol. The first-order valence-electron chi connectivity index (χ1n) is 5.67. The average Bonchev–Trinajstić information content (AvgIpc) is 2.98. The predicted molar refractivity (Wildman–Crippen MR) is 62.2 cm³/mol. The Morgan fingerprint density at radius 2 is 2.31 bits per heavy atom. The van der Waals surface area contributed by atoms with Crippen LogP contribution >= 0.6 is 0 Å². The molecule has 0 aliphatic carbocycles. The van der Waals surface area contributed by atoms with Gasteiger partial charge in [-0.15, -0.1) is 0 Å². The second-order valence-electron chi connectivity index (χ2n) is 4.39. The minimum atomic E-state index is -0.401. The summed E-state index contributed by atoms with van der Waals surface area (Å²) in [6.45, 7) is 1.44. The van der Waals surface area contributed by atoms with Gasteiger partial charge in [-0.05, 0) is 35.6 Å². The van der Waals surface area contributed by atoms with Crippen LogP contribution in [0.2, 0.25) is 0 Å².